The summed E-state index contributed by atoms with van der Waals surface area (Å²) in [6.07, 6.45) is 0. The number of nitrogen functional groups attached to an aromatic ring is 2. The second-order valence-corrected chi connectivity index (χ2v) is 12.1. The maximum absolute atomic E-state index is 12.2. The van der Waals surface area contributed by atoms with Gasteiger partial charge in [-0.05, 0) is 66.0 Å². The van der Waals surface area contributed by atoms with E-state index in [9.17, 15) is 36.2 Å². The molecule has 0 saturated carbocycles. The molecule has 6 N–H and O–H groups in total. The van der Waals surface area contributed by atoms with Crippen LogP contribution in [0.15, 0.2) is 125 Å². The summed E-state index contributed by atoms with van der Waals surface area (Å²) in [7, 11) is -10.6. The van der Waals surface area contributed by atoms with Crippen LogP contribution in [0.4, 0.5) is 45.5 Å². The molecular formula is C28H20N8Na2O8S2. The normalized spacial score (nSPS) is 12.0. The number of anilines is 2. The third-order valence-corrected chi connectivity index (χ3v) is 8.00. The van der Waals surface area contributed by atoms with Crippen molar-refractivity contribution < 1.29 is 95.3 Å². The maximum atomic E-state index is 12.2. The Morgan fingerprint density at radius 1 is 0.562 bits per heavy atom. The zero-order valence-electron chi connectivity index (χ0n) is 25.1. The standard InChI is InChI=1S/C28H22N8O8S2.2Na/c29-19-7-4-8-20(37)25(19)34-32-17-9-11-18(12-10-17)33-35-26-21(45(39,40)41)13-15-14-22(46(42,43)44)27(28(38)23(15)24(26)30)36-31-16-5-2-1-3-6-16;;/h1-14,37-38H,29-30H2,(H,39,40,41)(H,42,43,44);;/q;2*+1/p-2. The fourth-order valence-electron chi connectivity index (χ4n) is 4.15. The largest absolute Gasteiger partial charge is 1.00 e. The van der Waals surface area contributed by atoms with Crippen LogP contribution in [0.25, 0.3) is 10.8 Å². The second-order valence-electron chi connectivity index (χ2n) is 9.38. The van der Waals surface area contributed by atoms with Crippen molar-refractivity contribution in [3.8, 4) is 11.5 Å². The van der Waals surface area contributed by atoms with Crippen molar-refractivity contribution in [1.82, 2.24) is 0 Å². The van der Waals surface area contributed by atoms with E-state index in [-0.39, 0.29) is 98.4 Å². The molecule has 0 atom stereocenters. The van der Waals surface area contributed by atoms with Crippen LogP contribution < -0.4 is 70.6 Å². The predicted octanol–water partition coefficient (Wildman–Crippen LogP) is 0.478. The second kappa shape index (κ2) is 15.6. The minimum atomic E-state index is -5.31. The summed E-state index contributed by atoms with van der Waals surface area (Å²) in [6, 6.07) is 19.6. The van der Waals surface area contributed by atoms with Crippen LogP contribution in [0.2, 0.25) is 0 Å². The van der Waals surface area contributed by atoms with Crippen LogP contribution in [-0.4, -0.2) is 36.2 Å². The van der Waals surface area contributed by atoms with Crippen LogP contribution in [0.5, 0.6) is 11.5 Å². The molecule has 0 bridgehead atoms. The molecule has 0 saturated heterocycles. The Hall–Kier alpha value is -3.82. The van der Waals surface area contributed by atoms with Crippen molar-refractivity contribution in [1.29, 1.82) is 0 Å². The Morgan fingerprint density at radius 2 is 1.02 bits per heavy atom. The molecule has 20 heteroatoms. The molecule has 16 nitrogen and oxygen atoms in total. The van der Waals surface area contributed by atoms with Gasteiger partial charge in [0, 0.05) is 0 Å². The fraction of sp³-hybridized carbons (Fsp3) is 0. The molecule has 0 unspecified atom stereocenters. The van der Waals surface area contributed by atoms with E-state index in [0.717, 1.165) is 6.07 Å². The van der Waals surface area contributed by atoms with Gasteiger partial charge in [-0.3, -0.25) is 0 Å². The topological polar surface area (TPSA) is 281 Å². The number of hydrogen-bond donors (Lipinski definition) is 4. The van der Waals surface area contributed by atoms with E-state index in [1.54, 1.807) is 24.3 Å². The van der Waals surface area contributed by atoms with E-state index in [1.807, 2.05) is 0 Å². The Labute approximate surface area is 317 Å². The van der Waals surface area contributed by atoms with Crippen molar-refractivity contribution in [3.63, 3.8) is 0 Å². The molecule has 5 aromatic rings. The van der Waals surface area contributed by atoms with E-state index in [1.165, 1.54) is 48.5 Å². The molecule has 0 fully saturated rings. The molecular weight excluding hydrogens is 686 g/mol. The number of phenolic OH excluding ortho intramolecular Hbond substituents is 2. The Kier molecular flexibility index (Phi) is 12.6. The zero-order valence-corrected chi connectivity index (χ0v) is 30.7. The minimum absolute atomic E-state index is 0. The molecule has 0 heterocycles. The Morgan fingerprint density at radius 3 is 1.52 bits per heavy atom. The number of azo groups is 3. The van der Waals surface area contributed by atoms with Gasteiger partial charge >= 0.3 is 59.1 Å². The zero-order chi connectivity index (χ0) is 33.2. The first-order valence-corrected chi connectivity index (χ1v) is 15.6. The van der Waals surface area contributed by atoms with E-state index < -0.39 is 52.8 Å². The van der Waals surface area contributed by atoms with Crippen LogP contribution in [0, 0.1) is 0 Å². The van der Waals surface area contributed by atoms with Gasteiger partial charge < -0.3 is 30.8 Å². The molecule has 0 aliphatic rings. The van der Waals surface area contributed by atoms with Gasteiger partial charge in [-0.15, -0.1) is 15.3 Å². The smallest absolute Gasteiger partial charge is 0.744 e. The van der Waals surface area contributed by atoms with Crippen molar-refractivity contribution in [2.45, 2.75) is 9.79 Å². The number of hydrogen-bond acceptors (Lipinski definition) is 16. The summed E-state index contributed by atoms with van der Waals surface area (Å²) < 4.78 is 72.8. The quantitative estimate of drug-likeness (QED) is 0.0749. The summed E-state index contributed by atoms with van der Waals surface area (Å²) in [5.41, 5.74) is 10.9. The average Bonchev–Trinajstić information content (AvgIpc) is 2.99. The number of nitrogens with two attached hydrogens (primary N) is 2. The fourth-order valence-corrected chi connectivity index (χ4v) is 5.46. The first-order chi connectivity index (χ1) is 21.7. The first-order valence-electron chi connectivity index (χ1n) is 12.8. The van der Waals surface area contributed by atoms with Gasteiger partial charge in [0.1, 0.15) is 37.4 Å². The van der Waals surface area contributed by atoms with Gasteiger partial charge in [0.2, 0.25) is 0 Å². The van der Waals surface area contributed by atoms with Crippen LogP contribution in [0.1, 0.15) is 0 Å². The summed E-state index contributed by atoms with van der Waals surface area (Å²) in [5.74, 6) is -1.11. The van der Waals surface area contributed by atoms with Crippen LogP contribution in [0.3, 0.4) is 0 Å². The summed E-state index contributed by atoms with van der Waals surface area (Å²) in [5, 5.41) is 43.5. The SMILES string of the molecule is Nc1cccc(O)c1N=Nc1ccc(N=Nc2c(S(=O)(=O)[O-])cc3cc(S(=O)(=O)[O-])c(N=Nc4ccccc4)c(O)c3c2N)cc1.[Na+].[Na+]. The van der Waals surface area contributed by atoms with Gasteiger partial charge in [-0.2, -0.15) is 15.3 Å². The molecule has 0 amide bonds. The van der Waals surface area contributed by atoms with Crippen LogP contribution >= 0.6 is 0 Å². The van der Waals surface area contributed by atoms with E-state index in [4.69, 9.17) is 11.5 Å². The number of fused-ring (bicyclic) bond motifs is 1. The van der Waals surface area contributed by atoms with Crippen LogP contribution in [-0.2, 0) is 20.2 Å². The molecule has 0 aliphatic heterocycles. The molecule has 0 aliphatic carbocycles. The minimum Gasteiger partial charge on any atom is -0.744 e. The summed E-state index contributed by atoms with van der Waals surface area (Å²) in [4.78, 5) is -2.04. The first kappa shape index (κ1) is 38.6. The van der Waals surface area contributed by atoms with Gasteiger partial charge in [-0.25, -0.2) is 16.8 Å². The molecule has 0 aromatic heterocycles. The number of phenols is 2. The third kappa shape index (κ3) is 8.60. The average molecular weight is 707 g/mol. The number of rotatable bonds is 8. The molecule has 5 rings (SSSR count). The number of nitrogens with zero attached hydrogens (tertiary/aromatic N) is 6. The number of benzene rings is 5. The van der Waals surface area contributed by atoms with Gasteiger partial charge in [0.15, 0.2) is 11.4 Å². The monoisotopic (exact) mass is 706 g/mol. The molecule has 234 valence electrons. The van der Waals surface area contributed by atoms with E-state index in [2.05, 4.69) is 30.7 Å². The summed E-state index contributed by atoms with van der Waals surface area (Å²) in [6.45, 7) is 0. The van der Waals surface area contributed by atoms with Crippen molar-refractivity contribution >= 4 is 76.5 Å². The van der Waals surface area contributed by atoms with Gasteiger partial charge in [-0.1, -0.05) is 24.3 Å². The van der Waals surface area contributed by atoms with Crippen molar-refractivity contribution in [3.05, 3.63) is 84.9 Å². The third-order valence-electron chi connectivity index (χ3n) is 6.30. The summed E-state index contributed by atoms with van der Waals surface area (Å²) >= 11 is 0. The van der Waals surface area contributed by atoms with E-state index in [0.29, 0.717) is 11.8 Å². The maximum Gasteiger partial charge on any atom is 1.00 e. The van der Waals surface area contributed by atoms with Gasteiger partial charge in [0.25, 0.3) is 0 Å². The van der Waals surface area contributed by atoms with Crippen molar-refractivity contribution in [2.24, 2.45) is 30.7 Å². The molecule has 0 spiro atoms. The predicted molar refractivity (Wildman–Crippen MR) is 164 cm³/mol. The number of aromatic hydroxyl groups is 2. The molecule has 5 aromatic carbocycles. The van der Waals surface area contributed by atoms with Gasteiger partial charge in [0.05, 0.1) is 43.6 Å². The Balaban J connectivity index is 0.00000312. The molecule has 0 radical (unpaired) electrons. The Bertz CT molecular complexity index is 2290. The van der Waals surface area contributed by atoms with E-state index >= 15 is 0 Å². The molecule has 48 heavy (non-hydrogen) atoms. The van der Waals surface area contributed by atoms with Crippen molar-refractivity contribution in [2.75, 3.05) is 11.5 Å².